The maximum absolute atomic E-state index is 12.2. The van der Waals surface area contributed by atoms with Crippen LogP contribution >= 0.6 is 0 Å². The van der Waals surface area contributed by atoms with Gasteiger partial charge < -0.3 is 14.2 Å². The summed E-state index contributed by atoms with van der Waals surface area (Å²) in [5.74, 6) is 2.03. The zero-order chi connectivity index (χ0) is 25.5. The van der Waals surface area contributed by atoms with Crippen molar-refractivity contribution in [3.8, 4) is 28.8 Å². The molecular formula is C28H30N4O4. The van der Waals surface area contributed by atoms with Gasteiger partial charge >= 0.3 is 5.97 Å². The molecule has 0 aliphatic rings. The molecule has 36 heavy (non-hydrogen) atoms. The second-order valence-corrected chi connectivity index (χ2v) is 8.89. The second kappa shape index (κ2) is 11.1. The number of aromatic nitrogens is 4. The molecule has 3 aromatic heterocycles. The van der Waals surface area contributed by atoms with Crippen LogP contribution in [0.4, 0.5) is 0 Å². The smallest absolute Gasteiger partial charge is 0.311 e. The molecule has 8 heteroatoms. The number of benzene rings is 1. The van der Waals surface area contributed by atoms with Gasteiger partial charge in [-0.3, -0.25) is 9.78 Å². The molecule has 186 valence electrons. The quantitative estimate of drug-likeness (QED) is 0.205. The summed E-state index contributed by atoms with van der Waals surface area (Å²) in [5.41, 5.74) is 1.74. The average Bonchev–Trinajstić information content (AvgIpc) is 2.91. The van der Waals surface area contributed by atoms with Crippen molar-refractivity contribution in [1.82, 2.24) is 19.9 Å². The van der Waals surface area contributed by atoms with Gasteiger partial charge in [0.05, 0.1) is 10.9 Å². The van der Waals surface area contributed by atoms with Gasteiger partial charge in [-0.2, -0.15) is 0 Å². The zero-order valence-corrected chi connectivity index (χ0v) is 21.0. The van der Waals surface area contributed by atoms with Crippen LogP contribution < -0.4 is 9.47 Å². The molecule has 0 radical (unpaired) electrons. The minimum absolute atomic E-state index is 0.173. The molecule has 4 rings (SSSR count). The standard InChI is InChI=1S/C28H30N4O4/c1-5-19-8-11-24(25(32-19)26-30-13-7-14-31-26)36-23-12-15-29-22-10-9-20(18-21(22)23)34-16-17-35-27(33)28(3,4)6-2/h7-15,18H,5-6,16-17H2,1-4H3. The van der Waals surface area contributed by atoms with Crippen molar-refractivity contribution in [3.63, 3.8) is 0 Å². The van der Waals surface area contributed by atoms with E-state index < -0.39 is 5.41 Å². The molecule has 0 aliphatic carbocycles. The summed E-state index contributed by atoms with van der Waals surface area (Å²) in [5, 5.41) is 0.776. The van der Waals surface area contributed by atoms with Crippen LogP contribution in [0.1, 0.15) is 39.8 Å². The highest BCUT2D eigenvalue weighted by molar-refractivity contribution is 5.86. The Morgan fingerprint density at radius 3 is 2.47 bits per heavy atom. The molecule has 4 aromatic rings. The fourth-order valence-corrected chi connectivity index (χ4v) is 3.38. The zero-order valence-electron chi connectivity index (χ0n) is 21.0. The Kier molecular flexibility index (Phi) is 7.73. The van der Waals surface area contributed by atoms with Gasteiger partial charge in [-0.15, -0.1) is 0 Å². The van der Waals surface area contributed by atoms with E-state index in [4.69, 9.17) is 19.2 Å². The third kappa shape index (κ3) is 5.76. The number of nitrogens with zero attached hydrogens (tertiary/aromatic N) is 4. The Bertz CT molecular complexity index is 1340. The van der Waals surface area contributed by atoms with Crippen LogP contribution in [0.5, 0.6) is 17.2 Å². The second-order valence-electron chi connectivity index (χ2n) is 8.89. The molecule has 1 aromatic carbocycles. The van der Waals surface area contributed by atoms with Crippen molar-refractivity contribution < 1.29 is 19.0 Å². The monoisotopic (exact) mass is 486 g/mol. The van der Waals surface area contributed by atoms with E-state index in [2.05, 4.69) is 15.0 Å². The van der Waals surface area contributed by atoms with Gasteiger partial charge in [0.2, 0.25) is 0 Å². The highest BCUT2D eigenvalue weighted by atomic mass is 16.6. The molecule has 0 fully saturated rings. The fourth-order valence-electron chi connectivity index (χ4n) is 3.38. The number of esters is 1. The number of hydrogen-bond acceptors (Lipinski definition) is 8. The number of ether oxygens (including phenoxy) is 3. The lowest BCUT2D eigenvalue weighted by molar-refractivity contribution is -0.154. The highest BCUT2D eigenvalue weighted by Crippen LogP contribution is 2.35. The van der Waals surface area contributed by atoms with Crippen LogP contribution in [0.2, 0.25) is 0 Å². The van der Waals surface area contributed by atoms with Crippen LogP contribution in [0.3, 0.4) is 0 Å². The molecule has 0 saturated carbocycles. The highest BCUT2D eigenvalue weighted by Gasteiger charge is 2.26. The topological polar surface area (TPSA) is 96.3 Å². The van der Waals surface area contributed by atoms with Gasteiger partial charge in [0, 0.05) is 29.7 Å². The van der Waals surface area contributed by atoms with E-state index in [0.717, 1.165) is 23.0 Å². The Labute approximate surface area is 210 Å². The Morgan fingerprint density at radius 2 is 1.72 bits per heavy atom. The molecule has 0 unspecified atom stereocenters. The van der Waals surface area contributed by atoms with Crippen molar-refractivity contribution in [2.24, 2.45) is 5.41 Å². The lowest BCUT2D eigenvalue weighted by atomic mass is 9.91. The number of hydrogen-bond donors (Lipinski definition) is 0. The lowest BCUT2D eigenvalue weighted by Crippen LogP contribution is -2.27. The summed E-state index contributed by atoms with van der Waals surface area (Å²) in [4.78, 5) is 30.0. The van der Waals surface area contributed by atoms with E-state index in [1.807, 2.05) is 58.0 Å². The molecule has 0 spiro atoms. The van der Waals surface area contributed by atoms with Gasteiger partial charge in [-0.1, -0.05) is 13.8 Å². The van der Waals surface area contributed by atoms with Crippen molar-refractivity contribution in [1.29, 1.82) is 0 Å². The molecule has 0 atom stereocenters. The lowest BCUT2D eigenvalue weighted by Gasteiger charge is -2.20. The van der Waals surface area contributed by atoms with E-state index in [1.54, 1.807) is 30.7 Å². The van der Waals surface area contributed by atoms with Crippen LogP contribution in [0.15, 0.2) is 61.1 Å². The predicted octanol–water partition coefficient (Wildman–Crippen LogP) is 5.80. The maximum Gasteiger partial charge on any atom is 0.311 e. The summed E-state index contributed by atoms with van der Waals surface area (Å²) in [6.07, 6.45) is 6.54. The Hall–Kier alpha value is -4.07. The van der Waals surface area contributed by atoms with Crippen molar-refractivity contribution >= 4 is 16.9 Å². The predicted molar refractivity (Wildman–Crippen MR) is 137 cm³/mol. The number of carbonyl (C=O) groups is 1. The Morgan fingerprint density at radius 1 is 0.917 bits per heavy atom. The van der Waals surface area contributed by atoms with Crippen LogP contribution in [0, 0.1) is 5.41 Å². The summed E-state index contributed by atoms with van der Waals surface area (Å²) >= 11 is 0. The maximum atomic E-state index is 12.2. The third-order valence-electron chi connectivity index (χ3n) is 5.97. The number of fused-ring (bicyclic) bond motifs is 1. The molecule has 0 N–H and O–H groups in total. The fraction of sp³-hybridized carbons (Fsp3) is 0.321. The number of aryl methyl sites for hydroxylation is 1. The number of pyridine rings is 2. The van der Waals surface area contributed by atoms with E-state index >= 15 is 0 Å². The SMILES string of the molecule is CCc1ccc(Oc2ccnc3ccc(OCCOC(=O)C(C)(C)CC)cc23)c(-c2ncccn2)n1. The first-order valence-corrected chi connectivity index (χ1v) is 12.0. The van der Waals surface area contributed by atoms with Gasteiger partial charge in [0.25, 0.3) is 0 Å². The van der Waals surface area contributed by atoms with Gasteiger partial charge in [0.1, 0.15) is 24.7 Å². The minimum Gasteiger partial charge on any atom is -0.490 e. The average molecular weight is 487 g/mol. The van der Waals surface area contributed by atoms with Crippen LogP contribution in [0.25, 0.3) is 22.4 Å². The van der Waals surface area contributed by atoms with Crippen LogP contribution in [-0.4, -0.2) is 39.1 Å². The Balaban J connectivity index is 1.55. The normalized spacial score (nSPS) is 11.3. The van der Waals surface area contributed by atoms with E-state index in [-0.39, 0.29) is 19.2 Å². The van der Waals surface area contributed by atoms with E-state index in [9.17, 15) is 4.79 Å². The van der Waals surface area contributed by atoms with Gasteiger partial charge in [0.15, 0.2) is 17.3 Å². The first-order chi connectivity index (χ1) is 17.4. The molecule has 8 nitrogen and oxygen atoms in total. The first kappa shape index (κ1) is 25.0. The summed E-state index contributed by atoms with van der Waals surface area (Å²) in [7, 11) is 0. The molecular weight excluding hydrogens is 456 g/mol. The molecule has 3 heterocycles. The van der Waals surface area contributed by atoms with Gasteiger partial charge in [-0.05, 0) is 69.2 Å². The largest absolute Gasteiger partial charge is 0.490 e. The molecule has 0 amide bonds. The first-order valence-electron chi connectivity index (χ1n) is 12.0. The summed E-state index contributed by atoms with van der Waals surface area (Å²) in [6, 6.07) is 12.9. The van der Waals surface area contributed by atoms with Crippen molar-refractivity contribution in [2.75, 3.05) is 13.2 Å². The van der Waals surface area contributed by atoms with Crippen LogP contribution in [-0.2, 0) is 16.0 Å². The molecule has 0 aliphatic heterocycles. The summed E-state index contributed by atoms with van der Waals surface area (Å²) < 4.78 is 17.5. The molecule has 0 bridgehead atoms. The van der Waals surface area contributed by atoms with E-state index in [1.165, 1.54) is 0 Å². The van der Waals surface area contributed by atoms with Crippen molar-refractivity contribution in [3.05, 3.63) is 66.7 Å². The van der Waals surface area contributed by atoms with E-state index in [0.29, 0.717) is 35.2 Å². The minimum atomic E-state index is -0.505. The van der Waals surface area contributed by atoms with Crippen molar-refractivity contribution in [2.45, 2.75) is 40.5 Å². The summed E-state index contributed by atoms with van der Waals surface area (Å²) in [6.45, 7) is 8.16. The number of carbonyl (C=O) groups excluding carboxylic acids is 1. The molecule has 0 saturated heterocycles. The third-order valence-corrected chi connectivity index (χ3v) is 5.97. The van der Waals surface area contributed by atoms with Gasteiger partial charge in [-0.25, -0.2) is 15.0 Å². The number of rotatable bonds is 10.